The summed E-state index contributed by atoms with van der Waals surface area (Å²) in [6, 6.07) is 7.41. The monoisotopic (exact) mass is 476 g/mol. The molecule has 8 nitrogen and oxygen atoms in total. The Bertz CT molecular complexity index is 1280. The van der Waals surface area contributed by atoms with Gasteiger partial charge in [0.2, 0.25) is 0 Å². The van der Waals surface area contributed by atoms with Gasteiger partial charge in [-0.2, -0.15) is 0 Å². The average molecular weight is 477 g/mol. The summed E-state index contributed by atoms with van der Waals surface area (Å²) in [5.41, 5.74) is 2.14. The zero-order chi connectivity index (χ0) is 23.8. The van der Waals surface area contributed by atoms with Crippen LogP contribution in [0.15, 0.2) is 42.2 Å². The van der Waals surface area contributed by atoms with Crippen LogP contribution in [0.2, 0.25) is 5.02 Å². The van der Waals surface area contributed by atoms with E-state index in [1.165, 1.54) is 6.33 Å². The average Bonchev–Trinajstić information content (AvgIpc) is 3.10. The Morgan fingerprint density at radius 3 is 2.79 bits per heavy atom. The van der Waals surface area contributed by atoms with Crippen molar-refractivity contribution in [2.75, 3.05) is 18.5 Å². The predicted octanol–water partition coefficient (Wildman–Crippen LogP) is 4.83. The van der Waals surface area contributed by atoms with E-state index >= 15 is 0 Å². The Morgan fingerprint density at radius 2 is 2.09 bits per heavy atom. The molecule has 1 aromatic carbocycles. The fourth-order valence-corrected chi connectivity index (χ4v) is 5.10. The highest BCUT2D eigenvalue weighted by molar-refractivity contribution is 6.36. The molecular formula is C25H25ClN6O2. The topological polar surface area (TPSA) is 92.6 Å². The fourth-order valence-electron chi connectivity index (χ4n) is 4.83. The van der Waals surface area contributed by atoms with Crippen molar-refractivity contribution < 1.29 is 9.53 Å². The third-order valence-corrected chi connectivity index (χ3v) is 6.82. The number of rotatable bonds is 6. The molecule has 0 radical (unpaired) electrons. The molecule has 4 heterocycles. The maximum absolute atomic E-state index is 13.8. The number of ether oxygens (including phenoxy) is 1. The summed E-state index contributed by atoms with van der Waals surface area (Å²) in [6.45, 7) is 10.5. The molecule has 0 spiro atoms. The second-order valence-corrected chi connectivity index (χ2v) is 8.96. The minimum absolute atomic E-state index is 0.0735. The highest BCUT2D eigenvalue weighted by atomic mass is 35.5. The van der Waals surface area contributed by atoms with Gasteiger partial charge in [0.05, 0.1) is 47.7 Å². The van der Waals surface area contributed by atoms with Gasteiger partial charge in [0, 0.05) is 5.39 Å². The first kappa shape index (κ1) is 22.4. The summed E-state index contributed by atoms with van der Waals surface area (Å²) in [4.78, 5) is 33.2. The molecule has 0 saturated carbocycles. The van der Waals surface area contributed by atoms with Crippen LogP contribution in [0, 0.1) is 0 Å². The van der Waals surface area contributed by atoms with Crippen molar-refractivity contribution in [3.63, 3.8) is 0 Å². The van der Waals surface area contributed by atoms with Gasteiger partial charge >= 0.3 is 0 Å². The first-order valence-electron chi connectivity index (χ1n) is 11.2. The van der Waals surface area contributed by atoms with Crippen molar-refractivity contribution in [1.82, 2.24) is 19.9 Å². The Labute approximate surface area is 202 Å². The number of carbonyl (C=O) groups excluding carboxylic acids is 1. The van der Waals surface area contributed by atoms with Crippen molar-refractivity contribution >= 4 is 52.6 Å². The van der Waals surface area contributed by atoms with Crippen LogP contribution in [0.1, 0.15) is 47.7 Å². The summed E-state index contributed by atoms with van der Waals surface area (Å²) in [6.07, 6.45) is 4.93. The van der Waals surface area contributed by atoms with E-state index in [1.807, 2.05) is 30.0 Å². The lowest BCUT2D eigenvalue weighted by Gasteiger charge is -2.34. The molecule has 2 bridgehead atoms. The summed E-state index contributed by atoms with van der Waals surface area (Å²) in [5.74, 6) is 0.409. The number of carbonyl (C=O) groups is 1. The molecule has 2 fully saturated rings. The van der Waals surface area contributed by atoms with Crippen molar-refractivity contribution in [1.29, 1.82) is 0 Å². The molecule has 3 atom stereocenters. The maximum atomic E-state index is 13.8. The molecule has 9 heteroatoms. The van der Waals surface area contributed by atoms with Gasteiger partial charge in [-0.1, -0.05) is 30.3 Å². The van der Waals surface area contributed by atoms with E-state index < -0.39 is 0 Å². The van der Waals surface area contributed by atoms with E-state index in [1.54, 1.807) is 12.1 Å². The molecule has 2 aromatic heterocycles. The molecule has 2 saturated heterocycles. The number of fused-ring (bicyclic) bond motifs is 3. The van der Waals surface area contributed by atoms with Crippen LogP contribution in [-0.2, 0) is 4.74 Å². The first-order chi connectivity index (χ1) is 16.5. The number of amides is 1. The second kappa shape index (κ2) is 9.12. The molecule has 2 aliphatic rings. The van der Waals surface area contributed by atoms with Gasteiger partial charge in [-0.3, -0.25) is 9.79 Å². The number of nitrogens with one attached hydrogen (secondary N) is 1. The number of halogens is 1. The van der Waals surface area contributed by atoms with Crippen LogP contribution in [-0.4, -0.2) is 57.8 Å². The summed E-state index contributed by atoms with van der Waals surface area (Å²) in [5, 5.41) is 5.36. The normalized spacial score (nSPS) is 20.2. The Balaban J connectivity index is 1.56. The number of hydrogen-bond donors (Lipinski definition) is 1. The highest BCUT2D eigenvalue weighted by Gasteiger charge is 2.41. The number of aliphatic imine (C=N–C) groups is 1. The summed E-state index contributed by atoms with van der Waals surface area (Å²) in [7, 11) is 0. The van der Waals surface area contributed by atoms with E-state index in [0.717, 1.165) is 18.2 Å². The van der Waals surface area contributed by atoms with Gasteiger partial charge in [0.1, 0.15) is 17.7 Å². The zero-order valence-corrected chi connectivity index (χ0v) is 19.6. The molecule has 174 valence electrons. The number of morpholine rings is 1. The molecule has 2 unspecified atom stereocenters. The lowest BCUT2D eigenvalue weighted by molar-refractivity contribution is -0.00736. The quantitative estimate of drug-likeness (QED) is 0.512. The van der Waals surface area contributed by atoms with Crippen LogP contribution in [0.5, 0.6) is 0 Å². The van der Waals surface area contributed by atoms with E-state index in [-0.39, 0.29) is 24.0 Å². The molecule has 34 heavy (non-hydrogen) atoms. The highest BCUT2D eigenvalue weighted by Crippen LogP contribution is 2.35. The van der Waals surface area contributed by atoms with Crippen molar-refractivity contribution in [2.45, 2.75) is 37.9 Å². The van der Waals surface area contributed by atoms with Crippen molar-refractivity contribution in [3.8, 4) is 0 Å². The fraction of sp³-hybridized carbons (Fsp3) is 0.320. The van der Waals surface area contributed by atoms with Gasteiger partial charge in [0.25, 0.3) is 5.91 Å². The van der Waals surface area contributed by atoms with Gasteiger partial charge in [-0.05, 0) is 50.1 Å². The van der Waals surface area contributed by atoms with Crippen LogP contribution < -0.4 is 5.32 Å². The number of aromatic nitrogens is 3. The molecule has 5 rings (SSSR count). The zero-order valence-electron chi connectivity index (χ0n) is 18.9. The molecule has 3 aromatic rings. The van der Waals surface area contributed by atoms with Gasteiger partial charge in [-0.25, -0.2) is 15.0 Å². The number of anilines is 1. The SMILES string of the molecule is C=Cc1ncnc(N[C@@H](C)c2cc3cccc(Cl)c3c(C(=O)N3C4CCC3COC4)n2)c1N=C. The summed E-state index contributed by atoms with van der Waals surface area (Å²) >= 11 is 6.57. The predicted molar refractivity (Wildman–Crippen MR) is 134 cm³/mol. The number of pyridine rings is 1. The molecular weight excluding hydrogens is 452 g/mol. The van der Waals surface area contributed by atoms with Crippen LogP contribution >= 0.6 is 11.6 Å². The lowest BCUT2D eigenvalue weighted by Crippen LogP contribution is -2.49. The molecule has 2 aliphatic heterocycles. The summed E-state index contributed by atoms with van der Waals surface area (Å²) < 4.78 is 5.67. The third-order valence-electron chi connectivity index (χ3n) is 6.50. The van der Waals surface area contributed by atoms with Crippen LogP contribution in [0.4, 0.5) is 11.5 Å². The number of hydrogen-bond acceptors (Lipinski definition) is 7. The van der Waals surface area contributed by atoms with Crippen molar-refractivity contribution in [2.24, 2.45) is 4.99 Å². The number of nitrogens with zero attached hydrogens (tertiary/aromatic N) is 5. The lowest BCUT2D eigenvalue weighted by atomic mass is 10.0. The van der Waals surface area contributed by atoms with Gasteiger partial charge in [-0.15, -0.1) is 0 Å². The molecule has 1 amide bonds. The minimum Gasteiger partial charge on any atom is -0.377 e. The van der Waals surface area contributed by atoms with E-state index in [2.05, 4.69) is 33.6 Å². The Morgan fingerprint density at radius 1 is 1.32 bits per heavy atom. The second-order valence-electron chi connectivity index (χ2n) is 8.55. The van der Waals surface area contributed by atoms with E-state index in [0.29, 0.717) is 52.2 Å². The third kappa shape index (κ3) is 3.82. The van der Waals surface area contributed by atoms with E-state index in [9.17, 15) is 4.79 Å². The Hall–Kier alpha value is -3.36. The van der Waals surface area contributed by atoms with Gasteiger partial charge < -0.3 is 15.0 Å². The van der Waals surface area contributed by atoms with E-state index in [4.69, 9.17) is 21.3 Å². The smallest absolute Gasteiger partial charge is 0.273 e. The number of benzene rings is 1. The van der Waals surface area contributed by atoms with Gasteiger partial charge in [0.15, 0.2) is 5.82 Å². The van der Waals surface area contributed by atoms with Crippen molar-refractivity contribution in [3.05, 3.63) is 59.3 Å². The van der Waals surface area contributed by atoms with Crippen LogP contribution in [0.3, 0.4) is 0 Å². The molecule has 1 N–H and O–H groups in total. The molecule has 0 aliphatic carbocycles. The van der Waals surface area contributed by atoms with Crippen LogP contribution in [0.25, 0.3) is 16.8 Å². The minimum atomic E-state index is -0.288. The first-order valence-corrected chi connectivity index (χ1v) is 11.6. The largest absolute Gasteiger partial charge is 0.377 e. The maximum Gasteiger partial charge on any atom is 0.273 e. The Kier molecular flexibility index (Phi) is 6.02. The standard InChI is InChI=1S/C25H25ClN6O2/c1-4-19-22(27-3)24(29-13-28-19)30-14(2)20-10-15-6-5-7-18(26)21(15)23(31-20)25(33)32-16-8-9-17(32)12-34-11-16/h4-7,10,13-14,16-17H,1,3,8-9,11-12H2,2H3,(H,28,29,30)/t14-,16?,17?/m0/s1.